The van der Waals surface area contributed by atoms with Crippen molar-refractivity contribution in [3.63, 3.8) is 0 Å². The Balaban J connectivity index is 2.05. The number of hydrogen-bond acceptors (Lipinski definition) is 3. The summed E-state index contributed by atoms with van der Waals surface area (Å²) in [6.45, 7) is 2.10. The van der Waals surface area contributed by atoms with Gasteiger partial charge in [0.1, 0.15) is 11.9 Å². The van der Waals surface area contributed by atoms with Crippen LogP contribution in [0.3, 0.4) is 0 Å². The van der Waals surface area contributed by atoms with Crippen LogP contribution in [0, 0.1) is 17.1 Å². The quantitative estimate of drug-likeness (QED) is 0.816. The van der Waals surface area contributed by atoms with Gasteiger partial charge >= 0.3 is 0 Å². The van der Waals surface area contributed by atoms with Crippen LogP contribution >= 0.6 is 0 Å². The summed E-state index contributed by atoms with van der Waals surface area (Å²) in [6.07, 6.45) is 0.516. The highest BCUT2D eigenvalue weighted by Crippen LogP contribution is 2.15. The Hall–Kier alpha value is -1.44. The first-order chi connectivity index (χ1) is 7.69. The Morgan fingerprint density at radius 1 is 1.56 bits per heavy atom. The van der Waals surface area contributed by atoms with E-state index >= 15 is 0 Å². The zero-order chi connectivity index (χ0) is 11.5. The lowest BCUT2D eigenvalue weighted by Crippen LogP contribution is -2.21. The summed E-state index contributed by atoms with van der Waals surface area (Å²) < 4.78 is 13.3. The zero-order valence-corrected chi connectivity index (χ0v) is 8.86. The monoisotopic (exact) mass is 220 g/mol. The molecular weight excluding hydrogens is 207 g/mol. The molecule has 16 heavy (non-hydrogen) atoms. The van der Waals surface area contributed by atoms with Crippen molar-refractivity contribution >= 4 is 0 Å². The van der Waals surface area contributed by atoms with Gasteiger partial charge in [-0.05, 0) is 24.1 Å². The van der Waals surface area contributed by atoms with Crippen molar-refractivity contribution in [2.75, 3.05) is 13.1 Å². The normalized spacial score (nSPS) is 20.9. The predicted octanol–water partition coefficient (Wildman–Crippen LogP) is 1.26. The molecule has 1 heterocycles. The number of hydrogen-bond donors (Lipinski definition) is 1. The summed E-state index contributed by atoms with van der Waals surface area (Å²) in [4.78, 5) is 2.07. The van der Waals surface area contributed by atoms with Gasteiger partial charge < -0.3 is 5.11 Å². The maximum absolute atomic E-state index is 13.3. The second kappa shape index (κ2) is 4.60. The maximum atomic E-state index is 13.3. The Morgan fingerprint density at radius 3 is 2.94 bits per heavy atom. The molecule has 0 bridgehead atoms. The lowest BCUT2D eigenvalue weighted by molar-refractivity contribution is 0.175. The molecule has 1 saturated heterocycles. The highest BCUT2D eigenvalue weighted by atomic mass is 19.1. The van der Waals surface area contributed by atoms with Gasteiger partial charge in [-0.2, -0.15) is 5.26 Å². The van der Waals surface area contributed by atoms with Crippen LogP contribution in [0.25, 0.3) is 0 Å². The average Bonchev–Trinajstić information content (AvgIpc) is 2.64. The largest absolute Gasteiger partial charge is 0.392 e. The number of rotatable bonds is 2. The molecule has 1 aliphatic heterocycles. The van der Waals surface area contributed by atoms with Gasteiger partial charge in [-0.15, -0.1) is 0 Å². The van der Waals surface area contributed by atoms with Gasteiger partial charge in [0.05, 0.1) is 11.7 Å². The van der Waals surface area contributed by atoms with Crippen LogP contribution in [-0.2, 0) is 6.54 Å². The predicted molar refractivity (Wildman–Crippen MR) is 57.0 cm³/mol. The number of β-amino-alcohol motifs (C(OH)–C–C–N with tert-alkyl or cyclic N) is 1. The number of nitrogens with zero attached hydrogens (tertiary/aromatic N) is 2. The van der Waals surface area contributed by atoms with Gasteiger partial charge in [-0.1, -0.05) is 6.07 Å². The molecule has 0 unspecified atom stereocenters. The molecule has 0 aliphatic carbocycles. The molecule has 0 amide bonds. The summed E-state index contributed by atoms with van der Waals surface area (Å²) in [5.74, 6) is -0.472. The minimum absolute atomic E-state index is 0.0743. The zero-order valence-electron chi connectivity index (χ0n) is 8.86. The molecular formula is C12H13FN2O. The fourth-order valence-electron chi connectivity index (χ4n) is 1.96. The van der Waals surface area contributed by atoms with Crippen molar-refractivity contribution in [2.45, 2.75) is 19.1 Å². The van der Waals surface area contributed by atoms with E-state index in [4.69, 9.17) is 5.26 Å². The third-order valence-corrected chi connectivity index (χ3v) is 2.81. The molecule has 1 fully saturated rings. The number of nitriles is 1. The molecule has 84 valence electrons. The second-order valence-electron chi connectivity index (χ2n) is 4.10. The first-order valence-corrected chi connectivity index (χ1v) is 5.28. The number of benzene rings is 1. The number of halogens is 1. The van der Waals surface area contributed by atoms with Gasteiger partial charge in [0.2, 0.25) is 0 Å². The van der Waals surface area contributed by atoms with Crippen LogP contribution in [0.4, 0.5) is 4.39 Å². The fraction of sp³-hybridized carbons (Fsp3) is 0.417. The molecule has 1 aliphatic rings. The summed E-state index contributed by atoms with van der Waals surface area (Å²) in [6, 6.07) is 6.44. The number of aliphatic hydroxyl groups is 1. The van der Waals surface area contributed by atoms with Gasteiger partial charge in [-0.25, -0.2) is 4.39 Å². The Bertz CT molecular complexity index is 428. The SMILES string of the molecule is N#Cc1ccc(CN2CC[C@H](O)C2)cc1F. The van der Waals surface area contributed by atoms with Gasteiger partial charge in [0.15, 0.2) is 0 Å². The van der Waals surface area contributed by atoms with E-state index < -0.39 is 5.82 Å². The van der Waals surface area contributed by atoms with E-state index in [1.54, 1.807) is 12.1 Å². The Labute approximate surface area is 93.7 Å². The molecule has 1 aromatic rings. The summed E-state index contributed by atoms with van der Waals surface area (Å²) >= 11 is 0. The van der Waals surface area contributed by atoms with Gasteiger partial charge in [0.25, 0.3) is 0 Å². The number of likely N-dealkylation sites (tertiary alicyclic amines) is 1. The maximum Gasteiger partial charge on any atom is 0.141 e. The van der Waals surface area contributed by atoms with E-state index in [2.05, 4.69) is 4.90 Å². The molecule has 0 saturated carbocycles. The van der Waals surface area contributed by atoms with Crippen molar-refractivity contribution in [1.82, 2.24) is 4.90 Å². The third-order valence-electron chi connectivity index (χ3n) is 2.81. The molecule has 0 aromatic heterocycles. The van der Waals surface area contributed by atoms with E-state index in [9.17, 15) is 9.50 Å². The molecule has 1 aromatic carbocycles. The molecule has 3 nitrogen and oxygen atoms in total. The van der Waals surface area contributed by atoms with Gasteiger partial charge in [0, 0.05) is 19.6 Å². The van der Waals surface area contributed by atoms with E-state index in [1.807, 2.05) is 0 Å². The minimum Gasteiger partial charge on any atom is -0.392 e. The summed E-state index contributed by atoms with van der Waals surface area (Å²) in [5.41, 5.74) is 0.913. The van der Waals surface area contributed by atoms with Crippen molar-refractivity contribution < 1.29 is 9.50 Å². The molecule has 4 heteroatoms. The Morgan fingerprint density at radius 2 is 2.38 bits per heavy atom. The molecule has 0 spiro atoms. The molecule has 0 radical (unpaired) electrons. The van der Waals surface area contributed by atoms with Crippen LogP contribution in [0.15, 0.2) is 18.2 Å². The highest BCUT2D eigenvalue weighted by Gasteiger charge is 2.20. The first-order valence-electron chi connectivity index (χ1n) is 5.28. The van der Waals surface area contributed by atoms with Gasteiger partial charge in [-0.3, -0.25) is 4.90 Å². The van der Waals surface area contributed by atoms with E-state index in [-0.39, 0.29) is 11.7 Å². The fourth-order valence-corrected chi connectivity index (χ4v) is 1.96. The third kappa shape index (κ3) is 2.38. The van der Waals surface area contributed by atoms with Crippen LogP contribution in [-0.4, -0.2) is 29.2 Å². The number of aliphatic hydroxyl groups excluding tert-OH is 1. The first kappa shape index (κ1) is 11.1. The highest BCUT2D eigenvalue weighted by molar-refractivity contribution is 5.33. The second-order valence-corrected chi connectivity index (χ2v) is 4.10. The van der Waals surface area contributed by atoms with E-state index in [0.29, 0.717) is 13.1 Å². The van der Waals surface area contributed by atoms with Crippen molar-refractivity contribution in [2.24, 2.45) is 0 Å². The van der Waals surface area contributed by atoms with E-state index in [1.165, 1.54) is 12.1 Å². The van der Waals surface area contributed by atoms with Crippen LogP contribution in [0.1, 0.15) is 17.5 Å². The van der Waals surface area contributed by atoms with Crippen LogP contribution in [0.5, 0.6) is 0 Å². The van der Waals surface area contributed by atoms with Crippen molar-refractivity contribution in [3.8, 4) is 6.07 Å². The lowest BCUT2D eigenvalue weighted by atomic mass is 10.1. The van der Waals surface area contributed by atoms with Crippen molar-refractivity contribution in [3.05, 3.63) is 35.1 Å². The van der Waals surface area contributed by atoms with Crippen molar-refractivity contribution in [1.29, 1.82) is 5.26 Å². The van der Waals surface area contributed by atoms with Crippen LogP contribution in [0.2, 0.25) is 0 Å². The van der Waals surface area contributed by atoms with Crippen LogP contribution < -0.4 is 0 Å². The average molecular weight is 220 g/mol. The Kier molecular flexibility index (Phi) is 3.18. The summed E-state index contributed by atoms with van der Waals surface area (Å²) in [5, 5.41) is 18.0. The lowest BCUT2D eigenvalue weighted by Gasteiger charge is -2.14. The molecule has 1 atom stereocenters. The minimum atomic E-state index is -0.472. The molecule has 2 rings (SSSR count). The molecule has 1 N–H and O–H groups in total. The van der Waals surface area contributed by atoms with E-state index in [0.717, 1.165) is 18.5 Å². The summed E-state index contributed by atoms with van der Waals surface area (Å²) in [7, 11) is 0. The topological polar surface area (TPSA) is 47.3 Å². The smallest absolute Gasteiger partial charge is 0.141 e. The standard InChI is InChI=1S/C12H13FN2O/c13-12-5-9(1-2-10(12)6-14)7-15-4-3-11(16)8-15/h1-2,5,11,16H,3-4,7-8H2/t11-/m0/s1.